The molecule has 3 aliphatic heterocycles. The minimum atomic E-state index is -0.162. The molecule has 0 aromatic heterocycles. The highest BCUT2D eigenvalue weighted by Gasteiger charge is 2.62. The molecule has 4 nitrogen and oxygen atoms in total. The topological polar surface area (TPSA) is 46.6 Å². The second kappa shape index (κ2) is 3.29. The fourth-order valence-corrected chi connectivity index (χ4v) is 3.32. The second-order valence-corrected chi connectivity index (χ2v) is 5.52. The van der Waals surface area contributed by atoms with Crippen LogP contribution in [0, 0.1) is 17.8 Å². The summed E-state index contributed by atoms with van der Waals surface area (Å²) in [6, 6.07) is 0. The van der Waals surface area contributed by atoms with Crippen molar-refractivity contribution in [3.05, 3.63) is 0 Å². The lowest BCUT2D eigenvalue weighted by atomic mass is 9.81. The first-order valence-electron chi connectivity index (χ1n) is 6.10. The maximum absolute atomic E-state index is 12.1. The van der Waals surface area contributed by atoms with Crippen molar-refractivity contribution in [3.63, 3.8) is 0 Å². The molecule has 0 N–H and O–H groups in total. The Hall–Kier alpha value is -0.900. The summed E-state index contributed by atoms with van der Waals surface area (Å²) < 4.78 is 5.67. The molecule has 0 aromatic rings. The quantitative estimate of drug-likeness (QED) is 0.651. The van der Waals surface area contributed by atoms with Crippen molar-refractivity contribution in [1.82, 2.24) is 4.90 Å². The number of imide groups is 1. The minimum absolute atomic E-state index is 0.0101. The van der Waals surface area contributed by atoms with Crippen LogP contribution in [0.15, 0.2) is 0 Å². The molecule has 0 aromatic carbocycles. The maximum Gasteiger partial charge on any atom is 0.235 e. The van der Waals surface area contributed by atoms with E-state index in [4.69, 9.17) is 4.74 Å². The Balaban J connectivity index is 1.86. The zero-order chi connectivity index (χ0) is 11.4. The molecule has 3 heterocycles. The van der Waals surface area contributed by atoms with Gasteiger partial charge >= 0.3 is 0 Å². The Bertz CT molecular complexity index is 324. The summed E-state index contributed by atoms with van der Waals surface area (Å²) in [6.45, 7) is 4.61. The molecule has 3 saturated heterocycles. The number of hydrogen-bond donors (Lipinski definition) is 0. The zero-order valence-corrected chi connectivity index (χ0v) is 9.68. The van der Waals surface area contributed by atoms with Crippen molar-refractivity contribution >= 4 is 11.8 Å². The molecule has 2 bridgehead atoms. The summed E-state index contributed by atoms with van der Waals surface area (Å²) in [5, 5.41) is 0. The molecule has 0 radical (unpaired) electrons. The standard InChI is InChI=1S/C12H17NO3/c1-6(2)5-13-11(14)9-7-3-4-8(16-7)10(9)12(13)15/h6-10H,3-5H2,1-2H3. The van der Waals surface area contributed by atoms with Gasteiger partial charge in [0.2, 0.25) is 11.8 Å². The average Bonchev–Trinajstić information content (AvgIpc) is 2.87. The summed E-state index contributed by atoms with van der Waals surface area (Å²) in [6.07, 6.45) is 1.92. The number of nitrogens with zero attached hydrogens (tertiary/aromatic N) is 1. The fraction of sp³-hybridized carbons (Fsp3) is 0.833. The summed E-state index contributed by atoms with van der Waals surface area (Å²) in [4.78, 5) is 25.8. The van der Waals surface area contributed by atoms with Gasteiger partial charge in [-0.15, -0.1) is 0 Å². The number of amides is 2. The van der Waals surface area contributed by atoms with Crippen LogP contribution >= 0.6 is 0 Å². The van der Waals surface area contributed by atoms with E-state index >= 15 is 0 Å². The molecule has 16 heavy (non-hydrogen) atoms. The third-order valence-electron chi connectivity index (χ3n) is 3.92. The van der Waals surface area contributed by atoms with Crippen LogP contribution < -0.4 is 0 Å². The first-order chi connectivity index (χ1) is 7.59. The molecule has 4 atom stereocenters. The third-order valence-corrected chi connectivity index (χ3v) is 3.92. The molecule has 3 aliphatic rings. The molecule has 4 heteroatoms. The molecular formula is C12H17NO3. The summed E-state index contributed by atoms with van der Waals surface area (Å²) >= 11 is 0. The van der Waals surface area contributed by atoms with Gasteiger partial charge < -0.3 is 4.74 Å². The van der Waals surface area contributed by atoms with Crippen molar-refractivity contribution in [2.75, 3.05) is 6.54 Å². The molecule has 0 saturated carbocycles. The Kier molecular flexibility index (Phi) is 2.11. The predicted octanol–water partition coefficient (Wildman–Crippen LogP) is 0.805. The zero-order valence-electron chi connectivity index (χ0n) is 9.68. The number of ether oxygens (including phenoxy) is 1. The van der Waals surface area contributed by atoms with Crippen LogP contribution in [0.5, 0.6) is 0 Å². The average molecular weight is 223 g/mol. The van der Waals surface area contributed by atoms with E-state index in [1.54, 1.807) is 0 Å². The largest absolute Gasteiger partial charge is 0.373 e. The number of hydrogen-bond acceptors (Lipinski definition) is 3. The van der Waals surface area contributed by atoms with Crippen molar-refractivity contribution in [1.29, 1.82) is 0 Å². The fourth-order valence-electron chi connectivity index (χ4n) is 3.32. The van der Waals surface area contributed by atoms with E-state index in [2.05, 4.69) is 0 Å². The number of fused-ring (bicyclic) bond motifs is 5. The lowest BCUT2D eigenvalue weighted by Crippen LogP contribution is -2.36. The van der Waals surface area contributed by atoms with E-state index in [9.17, 15) is 9.59 Å². The SMILES string of the molecule is CC(C)CN1C(=O)C2C3CCC(O3)C2C1=O. The molecule has 88 valence electrons. The minimum Gasteiger partial charge on any atom is -0.373 e. The van der Waals surface area contributed by atoms with Crippen molar-refractivity contribution in [2.24, 2.45) is 17.8 Å². The molecule has 4 unspecified atom stereocenters. The van der Waals surface area contributed by atoms with Crippen LogP contribution in [0.1, 0.15) is 26.7 Å². The van der Waals surface area contributed by atoms with Crippen molar-refractivity contribution in [2.45, 2.75) is 38.9 Å². The van der Waals surface area contributed by atoms with E-state index in [-0.39, 0.29) is 35.9 Å². The molecular weight excluding hydrogens is 206 g/mol. The van der Waals surface area contributed by atoms with Gasteiger partial charge in [0.15, 0.2) is 0 Å². The number of likely N-dealkylation sites (tertiary alicyclic amines) is 1. The van der Waals surface area contributed by atoms with Crippen LogP contribution in [-0.4, -0.2) is 35.5 Å². The second-order valence-electron chi connectivity index (χ2n) is 5.52. The lowest BCUT2D eigenvalue weighted by Gasteiger charge is -2.19. The monoisotopic (exact) mass is 223 g/mol. The predicted molar refractivity (Wildman–Crippen MR) is 56.4 cm³/mol. The van der Waals surface area contributed by atoms with Crippen LogP contribution in [0.4, 0.5) is 0 Å². The Morgan fingerprint density at radius 1 is 1.19 bits per heavy atom. The summed E-state index contributed by atoms with van der Waals surface area (Å²) in [5.74, 6) is 0.0343. The smallest absolute Gasteiger partial charge is 0.235 e. The van der Waals surface area contributed by atoms with E-state index in [1.807, 2.05) is 13.8 Å². The van der Waals surface area contributed by atoms with Crippen LogP contribution in [0.3, 0.4) is 0 Å². The highest BCUT2D eigenvalue weighted by Crippen LogP contribution is 2.48. The normalized spacial score (nSPS) is 41.3. The summed E-state index contributed by atoms with van der Waals surface area (Å²) in [5.41, 5.74) is 0. The number of rotatable bonds is 2. The van der Waals surface area contributed by atoms with Gasteiger partial charge in [0.25, 0.3) is 0 Å². The van der Waals surface area contributed by atoms with Gasteiger partial charge in [-0.05, 0) is 18.8 Å². The van der Waals surface area contributed by atoms with E-state index in [1.165, 1.54) is 4.90 Å². The molecule has 0 aliphatic carbocycles. The van der Waals surface area contributed by atoms with Gasteiger partial charge in [-0.3, -0.25) is 14.5 Å². The van der Waals surface area contributed by atoms with Crippen LogP contribution in [0.2, 0.25) is 0 Å². The van der Waals surface area contributed by atoms with Gasteiger partial charge in [0, 0.05) is 6.54 Å². The van der Waals surface area contributed by atoms with E-state index in [0.29, 0.717) is 12.5 Å². The first-order valence-corrected chi connectivity index (χ1v) is 6.10. The van der Waals surface area contributed by atoms with Gasteiger partial charge in [0.1, 0.15) is 0 Å². The third kappa shape index (κ3) is 1.19. The molecule has 2 amide bonds. The first kappa shape index (κ1) is 10.3. The van der Waals surface area contributed by atoms with Gasteiger partial charge in [0.05, 0.1) is 24.0 Å². The van der Waals surface area contributed by atoms with Crippen molar-refractivity contribution < 1.29 is 14.3 Å². The number of carbonyl (C=O) groups is 2. The highest BCUT2D eigenvalue weighted by molar-refractivity contribution is 6.06. The van der Waals surface area contributed by atoms with Crippen LogP contribution in [0.25, 0.3) is 0 Å². The van der Waals surface area contributed by atoms with Gasteiger partial charge in [-0.1, -0.05) is 13.8 Å². The molecule has 3 rings (SSSR count). The van der Waals surface area contributed by atoms with Gasteiger partial charge in [-0.2, -0.15) is 0 Å². The summed E-state index contributed by atoms with van der Waals surface area (Å²) in [7, 11) is 0. The van der Waals surface area contributed by atoms with Crippen LogP contribution in [-0.2, 0) is 14.3 Å². The highest BCUT2D eigenvalue weighted by atomic mass is 16.5. The van der Waals surface area contributed by atoms with E-state index in [0.717, 1.165) is 12.8 Å². The maximum atomic E-state index is 12.1. The Morgan fingerprint density at radius 2 is 1.69 bits per heavy atom. The molecule has 3 fully saturated rings. The Morgan fingerprint density at radius 3 is 2.12 bits per heavy atom. The molecule has 0 spiro atoms. The number of carbonyl (C=O) groups excluding carboxylic acids is 2. The Labute approximate surface area is 94.9 Å². The van der Waals surface area contributed by atoms with E-state index < -0.39 is 0 Å². The van der Waals surface area contributed by atoms with Gasteiger partial charge in [-0.25, -0.2) is 0 Å². The lowest BCUT2D eigenvalue weighted by molar-refractivity contribution is -0.143. The van der Waals surface area contributed by atoms with Crippen molar-refractivity contribution in [3.8, 4) is 0 Å².